The molecule has 0 aliphatic rings. The van der Waals surface area contributed by atoms with Crippen LogP contribution in [0.3, 0.4) is 0 Å². The molecule has 4 rings (SSSR count). The third-order valence-corrected chi connectivity index (χ3v) is 4.97. The van der Waals surface area contributed by atoms with Crippen molar-refractivity contribution < 1.29 is 9.18 Å². The van der Waals surface area contributed by atoms with Gasteiger partial charge in [-0.1, -0.05) is 30.3 Å². The minimum atomic E-state index is -0.423. The molecule has 128 valence electrons. The fraction of sp³-hybridized carbons (Fsp3) is 0.0500. The Balaban J connectivity index is 1.74. The van der Waals surface area contributed by atoms with Crippen molar-refractivity contribution in [1.82, 2.24) is 9.97 Å². The molecule has 1 N–H and O–H groups in total. The number of carbonyl (C=O) groups is 1. The molecular weight excluding hydrogens is 349 g/mol. The van der Waals surface area contributed by atoms with Crippen LogP contribution in [0.4, 0.5) is 10.1 Å². The highest BCUT2D eigenvalue weighted by molar-refractivity contribution is 7.15. The van der Waals surface area contributed by atoms with Crippen molar-refractivity contribution in [3.8, 4) is 10.4 Å². The molecule has 4 nitrogen and oxygen atoms in total. The summed E-state index contributed by atoms with van der Waals surface area (Å²) in [5, 5.41) is 4.21. The number of amides is 1. The Hall–Kier alpha value is -3.12. The first-order chi connectivity index (χ1) is 12.6. The van der Waals surface area contributed by atoms with Crippen molar-refractivity contribution in [2.75, 3.05) is 5.32 Å². The number of nitrogens with zero attached hydrogens (tertiary/aromatic N) is 2. The number of aryl methyl sites for hydroxylation is 1. The van der Waals surface area contributed by atoms with Gasteiger partial charge in [0.05, 0.1) is 15.6 Å². The van der Waals surface area contributed by atoms with E-state index in [0.717, 1.165) is 15.4 Å². The maximum Gasteiger partial charge on any atom is 0.275 e. The lowest BCUT2D eigenvalue weighted by atomic mass is 10.1. The lowest BCUT2D eigenvalue weighted by Gasteiger charge is -2.09. The summed E-state index contributed by atoms with van der Waals surface area (Å²) in [6, 6.07) is 15.9. The van der Waals surface area contributed by atoms with Crippen LogP contribution in [0, 0.1) is 12.7 Å². The molecule has 0 fully saturated rings. The molecule has 0 bridgehead atoms. The fourth-order valence-corrected chi connectivity index (χ4v) is 3.72. The van der Waals surface area contributed by atoms with Gasteiger partial charge < -0.3 is 5.32 Å². The van der Waals surface area contributed by atoms with Crippen LogP contribution in [0.5, 0.6) is 0 Å². The Bertz CT molecular complexity index is 1110. The summed E-state index contributed by atoms with van der Waals surface area (Å²) in [4.78, 5) is 22.1. The van der Waals surface area contributed by atoms with E-state index in [1.165, 1.54) is 23.6 Å². The molecule has 2 heterocycles. The number of thiazole rings is 1. The molecule has 2 aromatic carbocycles. The van der Waals surface area contributed by atoms with Crippen LogP contribution in [-0.4, -0.2) is 15.9 Å². The molecule has 0 unspecified atom stereocenters. The van der Waals surface area contributed by atoms with Crippen LogP contribution in [0.15, 0.2) is 60.8 Å². The van der Waals surface area contributed by atoms with E-state index in [1.807, 2.05) is 37.3 Å². The number of hydrogen-bond donors (Lipinski definition) is 1. The number of nitrogens with one attached hydrogen (secondary N) is 1. The Morgan fingerprint density at radius 2 is 1.88 bits per heavy atom. The summed E-state index contributed by atoms with van der Waals surface area (Å²) in [6.07, 6.45) is 1.52. The van der Waals surface area contributed by atoms with Gasteiger partial charge in [-0.3, -0.25) is 9.78 Å². The number of benzene rings is 2. The van der Waals surface area contributed by atoms with Crippen molar-refractivity contribution >= 4 is 33.8 Å². The highest BCUT2D eigenvalue weighted by Crippen LogP contribution is 2.31. The smallest absolute Gasteiger partial charge is 0.275 e. The Kier molecular flexibility index (Phi) is 4.18. The maximum absolute atomic E-state index is 13.9. The maximum atomic E-state index is 13.9. The number of fused-ring (bicyclic) bond motifs is 1. The molecule has 0 saturated carbocycles. The first-order valence-corrected chi connectivity index (χ1v) is 8.82. The summed E-state index contributed by atoms with van der Waals surface area (Å²) in [7, 11) is 0. The van der Waals surface area contributed by atoms with Crippen LogP contribution in [-0.2, 0) is 0 Å². The molecule has 6 heteroatoms. The predicted molar refractivity (Wildman–Crippen MR) is 102 cm³/mol. The van der Waals surface area contributed by atoms with Crippen LogP contribution in [0.2, 0.25) is 0 Å². The third kappa shape index (κ3) is 2.95. The van der Waals surface area contributed by atoms with Gasteiger partial charge in [-0.15, -0.1) is 11.3 Å². The highest BCUT2D eigenvalue weighted by atomic mass is 32.1. The van der Waals surface area contributed by atoms with Gasteiger partial charge in [0.15, 0.2) is 0 Å². The summed E-state index contributed by atoms with van der Waals surface area (Å²) in [6.45, 7) is 1.87. The zero-order valence-corrected chi connectivity index (χ0v) is 14.7. The first-order valence-electron chi connectivity index (χ1n) is 8.01. The van der Waals surface area contributed by atoms with E-state index in [9.17, 15) is 9.18 Å². The van der Waals surface area contributed by atoms with E-state index in [1.54, 1.807) is 18.2 Å². The second-order valence-electron chi connectivity index (χ2n) is 5.73. The van der Waals surface area contributed by atoms with E-state index in [2.05, 4.69) is 15.3 Å². The van der Waals surface area contributed by atoms with Crippen molar-refractivity contribution in [3.63, 3.8) is 0 Å². The van der Waals surface area contributed by atoms with Crippen molar-refractivity contribution in [1.29, 1.82) is 0 Å². The number of anilines is 1. The topological polar surface area (TPSA) is 54.9 Å². The Morgan fingerprint density at radius 3 is 2.69 bits per heavy atom. The van der Waals surface area contributed by atoms with E-state index in [-0.39, 0.29) is 11.4 Å². The molecule has 0 radical (unpaired) electrons. The van der Waals surface area contributed by atoms with Gasteiger partial charge in [-0.25, -0.2) is 9.37 Å². The average molecular weight is 363 g/mol. The number of pyridine rings is 1. The van der Waals surface area contributed by atoms with Crippen LogP contribution in [0.25, 0.3) is 21.3 Å². The quantitative estimate of drug-likeness (QED) is 0.554. The standard InChI is InChI=1S/C20H14FN3OS/c1-12-23-18(19(26-12)13-6-3-2-4-7-13)20(25)24-16-10-9-15(21)17-14(16)8-5-11-22-17/h2-11H,1H3,(H,24,25). The zero-order chi connectivity index (χ0) is 18.1. The highest BCUT2D eigenvalue weighted by Gasteiger charge is 2.19. The molecule has 1 amide bonds. The van der Waals surface area contributed by atoms with E-state index in [4.69, 9.17) is 0 Å². The molecule has 0 atom stereocenters. The zero-order valence-electron chi connectivity index (χ0n) is 13.9. The van der Waals surface area contributed by atoms with Crippen LogP contribution < -0.4 is 5.32 Å². The number of halogens is 1. The minimum Gasteiger partial charge on any atom is -0.320 e. The molecule has 2 aromatic heterocycles. The van der Waals surface area contributed by atoms with Crippen molar-refractivity contribution in [2.24, 2.45) is 0 Å². The van der Waals surface area contributed by atoms with E-state index in [0.29, 0.717) is 16.8 Å². The Labute approximate surface area is 153 Å². The van der Waals surface area contributed by atoms with Crippen molar-refractivity contribution in [2.45, 2.75) is 6.92 Å². The number of aromatic nitrogens is 2. The van der Waals surface area contributed by atoms with Crippen molar-refractivity contribution in [3.05, 3.63) is 77.3 Å². The van der Waals surface area contributed by atoms with Gasteiger partial charge in [-0.2, -0.15) is 0 Å². The van der Waals surface area contributed by atoms with Gasteiger partial charge in [-0.05, 0) is 36.8 Å². The molecule has 26 heavy (non-hydrogen) atoms. The minimum absolute atomic E-state index is 0.225. The van der Waals surface area contributed by atoms with Crippen LogP contribution in [0.1, 0.15) is 15.5 Å². The van der Waals surface area contributed by atoms with Gasteiger partial charge >= 0.3 is 0 Å². The van der Waals surface area contributed by atoms with E-state index < -0.39 is 5.82 Å². The second kappa shape index (κ2) is 6.65. The molecule has 0 aliphatic heterocycles. The molecular formula is C20H14FN3OS. The molecule has 4 aromatic rings. The van der Waals surface area contributed by atoms with E-state index >= 15 is 0 Å². The summed E-state index contributed by atoms with van der Waals surface area (Å²) < 4.78 is 13.9. The summed E-state index contributed by atoms with van der Waals surface area (Å²) in [5.74, 6) is -0.752. The van der Waals surface area contributed by atoms with Crippen LogP contribution >= 0.6 is 11.3 Å². The largest absolute Gasteiger partial charge is 0.320 e. The lowest BCUT2D eigenvalue weighted by Crippen LogP contribution is -2.14. The number of rotatable bonds is 3. The summed E-state index contributed by atoms with van der Waals surface area (Å²) in [5.41, 5.74) is 2.03. The van der Waals surface area contributed by atoms with Gasteiger partial charge in [0, 0.05) is 11.6 Å². The predicted octanol–water partition coefficient (Wildman–Crippen LogP) is 5.06. The van der Waals surface area contributed by atoms with Gasteiger partial charge in [0.1, 0.15) is 17.0 Å². The SMILES string of the molecule is Cc1nc(C(=O)Nc2ccc(F)c3ncccc23)c(-c2ccccc2)s1. The first kappa shape index (κ1) is 16.4. The monoisotopic (exact) mass is 363 g/mol. The number of hydrogen-bond acceptors (Lipinski definition) is 4. The fourth-order valence-electron chi connectivity index (χ4n) is 2.79. The van der Waals surface area contributed by atoms with Gasteiger partial charge in [0.2, 0.25) is 0 Å². The molecule has 0 saturated heterocycles. The number of carbonyl (C=O) groups excluding carboxylic acids is 1. The lowest BCUT2D eigenvalue weighted by molar-refractivity contribution is 0.102. The third-order valence-electron chi connectivity index (χ3n) is 3.95. The normalized spacial score (nSPS) is 10.8. The van der Waals surface area contributed by atoms with Gasteiger partial charge in [0.25, 0.3) is 5.91 Å². The summed E-state index contributed by atoms with van der Waals surface area (Å²) >= 11 is 1.47. The second-order valence-corrected chi connectivity index (χ2v) is 6.93. The average Bonchev–Trinajstić information content (AvgIpc) is 3.07. The molecule has 0 spiro atoms. The molecule has 0 aliphatic carbocycles. The Morgan fingerprint density at radius 1 is 1.08 bits per heavy atom.